The fourth-order valence-corrected chi connectivity index (χ4v) is 2.24. The lowest BCUT2D eigenvalue weighted by Gasteiger charge is -2.16. The summed E-state index contributed by atoms with van der Waals surface area (Å²) in [6.07, 6.45) is 0. The minimum absolute atomic E-state index is 0.156. The maximum atomic E-state index is 12.1. The van der Waals surface area contributed by atoms with E-state index in [4.69, 9.17) is 23.2 Å². The molecule has 0 saturated heterocycles. The molecular formula is C13H11BrCl2N2O. The summed E-state index contributed by atoms with van der Waals surface area (Å²) in [4.78, 5) is 16.5. The van der Waals surface area contributed by atoms with Gasteiger partial charge in [0, 0.05) is 18.1 Å². The van der Waals surface area contributed by atoms with Gasteiger partial charge in [-0.2, -0.15) is 0 Å². The Bertz CT molecular complexity index is 576. The first-order valence-corrected chi connectivity index (χ1v) is 7.06. The molecule has 0 aliphatic rings. The third-order valence-electron chi connectivity index (χ3n) is 2.64. The molecule has 0 unspecified atom stereocenters. The first-order chi connectivity index (χ1) is 8.97. The van der Waals surface area contributed by atoms with Crippen molar-refractivity contribution in [3.05, 3.63) is 56.2 Å². The van der Waals surface area contributed by atoms with E-state index < -0.39 is 0 Å². The molecule has 0 aliphatic carbocycles. The van der Waals surface area contributed by atoms with Crippen molar-refractivity contribution in [2.24, 2.45) is 0 Å². The Balaban J connectivity index is 2.09. The molecule has 0 aliphatic heterocycles. The summed E-state index contributed by atoms with van der Waals surface area (Å²) >= 11 is 15.0. The number of halogens is 3. The second kappa shape index (κ2) is 5.99. The van der Waals surface area contributed by atoms with Crippen LogP contribution in [0.4, 0.5) is 0 Å². The number of hydrogen-bond acceptors (Lipinski definition) is 1. The number of aromatic amines is 1. The van der Waals surface area contributed by atoms with Crippen LogP contribution in [-0.2, 0) is 6.54 Å². The molecule has 1 aromatic carbocycles. The molecule has 0 bridgehead atoms. The van der Waals surface area contributed by atoms with E-state index in [0.717, 1.165) is 10.0 Å². The lowest BCUT2D eigenvalue weighted by Crippen LogP contribution is -2.26. The Morgan fingerprint density at radius 3 is 2.47 bits per heavy atom. The van der Waals surface area contributed by atoms with E-state index in [2.05, 4.69) is 20.9 Å². The van der Waals surface area contributed by atoms with Crippen molar-refractivity contribution in [3.8, 4) is 0 Å². The van der Waals surface area contributed by atoms with Gasteiger partial charge in [0.25, 0.3) is 5.91 Å². The summed E-state index contributed by atoms with van der Waals surface area (Å²) in [7, 11) is 1.73. The third kappa shape index (κ3) is 3.53. The Morgan fingerprint density at radius 1 is 1.32 bits per heavy atom. The van der Waals surface area contributed by atoms with E-state index in [0.29, 0.717) is 17.3 Å². The largest absolute Gasteiger partial charge is 0.340 e. The van der Waals surface area contributed by atoms with Crippen LogP contribution in [0.1, 0.15) is 16.1 Å². The van der Waals surface area contributed by atoms with Crippen LogP contribution < -0.4 is 0 Å². The first kappa shape index (κ1) is 14.4. The summed E-state index contributed by atoms with van der Waals surface area (Å²) in [6.45, 7) is 0.514. The van der Waals surface area contributed by atoms with Crippen molar-refractivity contribution >= 4 is 45.0 Å². The number of hydrogen-bond donors (Lipinski definition) is 1. The van der Waals surface area contributed by atoms with Gasteiger partial charge in [-0.05, 0) is 23.8 Å². The second-order valence-corrected chi connectivity index (χ2v) is 5.83. The molecule has 0 fully saturated rings. The lowest BCUT2D eigenvalue weighted by molar-refractivity contribution is 0.0780. The number of carbonyl (C=O) groups excluding carboxylic acids is 1. The van der Waals surface area contributed by atoms with Gasteiger partial charge >= 0.3 is 0 Å². The highest BCUT2D eigenvalue weighted by Crippen LogP contribution is 2.22. The van der Waals surface area contributed by atoms with Crippen LogP contribution in [0.15, 0.2) is 34.8 Å². The van der Waals surface area contributed by atoms with Crippen molar-refractivity contribution in [1.29, 1.82) is 0 Å². The van der Waals surface area contributed by atoms with Gasteiger partial charge in [-0.3, -0.25) is 4.79 Å². The number of benzene rings is 1. The molecule has 2 aromatic rings. The number of aromatic nitrogens is 1. The van der Waals surface area contributed by atoms with Crippen LogP contribution in [0.25, 0.3) is 0 Å². The molecular weight excluding hydrogens is 351 g/mol. The van der Waals surface area contributed by atoms with Crippen molar-refractivity contribution in [1.82, 2.24) is 9.88 Å². The molecule has 19 heavy (non-hydrogen) atoms. The number of nitrogens with one attached hydrogen (secondary N) is 1. The molecule has 1 aromatic heterocycles. The maximum Gasteiger partial charge on any atom is 0.270 e. The molecule has 0 radical (unpaired) electrons. The molecule has 100 valence electrons. The predicted molar refractivity (Wildman–Crippen MR) is 80.8 cm³/mol. The number of nitrogens with zero attached hydrogens (tertiary/aromatic N) is 1. The van der Waals surface area contributed by atoms with Crippen LogP contribution in [0.2, 0.25) is 10.2 Å². The highest BCUT2D eigenvalue weighted by molar-refractivity contribution is 9.10. The van der Waals surface area contributed by atoms with Gasteiger partial charge < -0.3 is 9.88 Å². The SMILES string of the molecule is CN(Cc1ccc(Br)cc1)C(=O)c1cc(Cl)c(Cl)[nH]1. The molecule has 3 nitrogen and oxygen atoms in total. The zero-order valence-corrected chi connectivity index (χ0v) is 13.2. The summed E-state index contributed by atoms with van der Waals surface area (Å²) in [6, 6.07) is 9.33. The fraction of sp³-hybridized carbons (Fsp3) is 0.154. The zero-order chi connectivity index (χ0) is 14.0. The van der Waals surface area contributed by atoms with Gasteiger partial charge in [-0.15, -0.1) is 0 Å². The summed E-state index contributed by atoms with van der Waals surface area (Å²) in [5.74, 6) is -0.156. The van der Waals surface area contributed by atoms with Gasteiger partial charge in [0.05, 0.1) is 5.02 Å². The summed E-state index contributed by atoms with van der Waals surface area (Å²) in [5, 5.41) is 0.629. The van der Waals surface area contributed by atoms with E-state index in [9.17, 15) is 4.79 Å². The van der Waals surface area contributed by atoms with E-state index in [1.165, 1.54) is 6.07 Å². The Kier molecular flexibility index (Phi) is 4.55. The highest BCUT2D eigenvalue weighted by atomic mass is 79.9. The van der Waals surface area contributed by atoms with Gasteiger partial charge in [-0.25, -0.2) is 0 Å². The molecule has 2 rings (SSSR count). The van der Waals surface area contributed by atoms with E-state index in [1.54, 1.807) is 11.9 Å². The van der Waals surface area contributed by atoms with Crippen LogP contribution in [-0.4, -0.2) is 22.8 Å². The van der Waals surface area contributed by atoms with Crippen LogP contribution in [0.5, 0.6) is 0 Å². The minimum Gasteiger partial charge on any atom is -0.340 e. The van der Waals surface area contributed by atoms with Gasteiger partial charge in [0.2, 0.25) is 0 Å². The Hall–Kier alpha value is -0.970. The summed E-state index contributed by atoms with van der Waals surface area (Å²) < 4.78 is 1.01. The average molecular weight is 362 g/mol. The molecule has 1 heterocycles. The standard InChI is InChI=1S/C13H11BrCl2N2O/c1-18(7-8-2-4-9(14)5-3-8)13(19)11-6-10(15)12(16)17-11/h2-6,17H,7H2,1H3. The van der Waals surface area contributed by atoms with Crippen LogP contribution in [0.3, 0.4) is 0 Å². The molecule has 6 heteroatoms. The highest BCUT2D eigenvalue weighted by Gasteiger charge is 2.16. The Labute approximate surface area is 129 Å². The van der Waals surface area contributed by atoms with Crippen molar-refractivity contribution in [2.45, 2.75) is 6.54 Å². The quantitative estimate of drug-likeness (QED) is 0.866. The van der Waals surface area contributed by atoms with Crippen molar-refractivity contribution < 1.29 is 4.79 Å². The topological polar surface area (TPSA) is 36.1 Å². The summed E-state index contributed by atoms with van der Waals surface area (Å²) in [5.41, 5.74) is 1.43. The van der Waals surface area contributed by atoms with Crippen LogP contribution >= 0.6 is 39.1 Å². The minimum atomic E-state index is -0.156. The molecule has 0 saturated carbocycles. The molecule has 1 amide bonds. The normalized spacial score (nSPS) is 10.5. The van der Waals surface area contributed by atoms with E-state index >= 15 is 0 Å². The number of carbonyl (C=O) groups is 1. The third-order valence-corrected chi connectivity index (χ3v) is 3.86. The van der Waals surface area contributed by atoms with Gasteiger partial charge in [-0.1, -0.05) is 51.3 Å². The van der Waals surface area contributed by atoms with Crippen molar-refractivity contribution in [2.75, 3.05) is 7.05 Å². The second-order valence-electron chi connectivity index (χ2n) is 4.13. The number of amides is 1. The van der Waals surface area contributed by atoms with Crippen molar-refractivity contribution in [3.63, 3.8) is 0 Å². The smallest absolute Gasteiger partial charge is 0.270 e. The predicted octanol–water partition coefficient (Wildman–Crippen LogP) is 4.36. The monoisotopic (exact) mass is 360 g/mol. The fourth-order valence-electron chi connectivity index (χ4n) is 1.66. The van der Waals surface area contributed by atoms with Crippen LogP contribution in [0, 0.1) is 0 Å². The maximum absolute atomic E-state index is 12.1. The van der Waals surface area contributed by atoms with E-state index in [-0.39, 0.29) is 11.1 Å². The lowest BCUT2D eigenvalue weighted by atomic mass is 10.2. The zero-order valence-electron chi connectivity index (χ0n) is 10.1. The Morgan fingerprint density at radius 2 is 1.95 bits per heavy atom. The van der Waals surface area contributed by atoms with E-state index in [1.807, 2.05) is 24.3 Å². The van der Waals surface area contributed by atoms with Gasteiger partial charge in [0.15, 0.2) is 0 Å². The average Bonchev–Trinajstić information content (AvgIpc) is 2.71. The molecule has 0 atom stereocenters. The number of rotatable bonds is 3. The molecule has 0 spiro atoms. The molecule has 1 N–H and O–H groups in total. The number of H-pyrrole nitrogens is 1. The van der Waals surface area contributed by atoms with Gasteiger partial charge in [0.1, 0.15) is 10.8 Å². The first-order valence-electron chi connectivity index (χ1n) is 5.51.